The van der Waals surface area contributed by atoms with Gasteiger partial charge in [-0.3, -0.25) is 9.59 Å². The highest BCUT2D eigenvalue weighted by Gasteiger charge is 2.41. The summed E-state index contributed by atoms with van der Waals surface area (Å²) in [6, 6.07) is 8.95. The van der Waals surface area contributed by atoms with Crippen LogP contribution >= 0.6 is 0 Å². The van der Waals surface area contributed by atoms with E-state index in [1.54, 1.807) is 4.90 Å². The van der Waals surface area contributed by atoms with Crippen molar-refractivity contribution >= 4 is 11.7 Å². The lowest BCUT2D eigenvalue weighted by Gasteiger charge is -2.27. The minimum Gasteiger partial charge on any atom is -0.503 e. The fourth-order valence-corrected chi connectivity index (χ4v) is 3.33. The van der Waals surface area contributed by atoms with E-state index in [1.165, 1.54) is 11.8 Å². The summed E-state index contributed by atoms with van der Waals surface area (Å²) in [7, 11) is 0. The summed E-state index contributed by atoms with van der Waals surface area (Å²) in [6.45, 7) is 9.29. The van der Waals surface area contributed by atoms with Crippen LogP contribution in [0.25, 0.3) is 0 Å². The van der Waals surface area contributed by atoms with Gasteiger partial charge >= 0.3 is 0 Å². The van der Waals surface area contributed by atoms with Gasteiger partial charge in [0.15, 0.2) is 11.5 Å². The van der Waals surface area contributed by atoms with Crippen molar-refractivity contribution in [2.45, 2.75) is 33.2 Å². The first-order valence-corrected chi connectivity index (χ1v) is 8.64. The second kappa shape index (κ2) is 8.11. The number of nitrogens with one attached hydrogen (secondary N) is 1. The van der Waals surface area contributed by atoms with Crippen LogP contribution in [0.5, 0.6) is 0 Å². The summed E-state index contributed by atoms with van der Waals surface area (Å²) in [5.41, 5.74) is 1.07. The fourth-order valence-electron chi connectivity index (χ4n) is 3.33. The lowest BCUT2D eigenvalue weighted by molar-refractivity contribution is -0.896. The van der Waals surface area contributed by atoms with Crippen LogP contribution in [-0.2, 0) is 9.59 Å². The monoisotopic (exact) mass is 331 g/mol. The molecule has 0 bridgehead atoms. The zero-order chi connectivity index (χ0) is 17.7. The third kappa shape index (κ3) is 3.67. The van der Waals surface area contributed by atoms with Gasteiger partial charge in [0.1, 0.15) is 0 Å². The number of hydrogen-bond acceptors (Lipinski definition) is 3. The minimum absolute atomic E-state index is 0.210. The molecule has 5 nitrogen and oxygen atoms in total. The van der Waals surface area contributed by atoms with Crippen molar-refractivity contribution in [1.29, 1.82) is 0 Å². The Labute approximate surface area is 143 Å². The molecule has 1 aliphatic rings. The van der Waals surface area contributed by atoms with Crippen LogP contribution in [0.1, 0.15) is 38.8 Å². The van der Waals surface area contributed by atoms with Crippen LogP contribution in [0.3, 0.4) is 0 Å². The molecule has 1 aliphatic heterocycles. The number of amides is 1. The van der Waals surface area contributed by atoms with E-state index in [-0.39, 0.29) is 11.4 Å². The van der Waals surface area contributed by atoms with E-state index >= 15 is 0 Å². The van der Waals surface area contributed by atoms with Gasteiger partial charge in [-0.2, -0.15) is 0 Å². The van der Waals surface area contributed by atoms with E-state index in [9.17, 15) is 14.7 Å². The molecular formula is C19H27N2O3+. The minimum atomic E-state index is -0.483. The molecule has 0 spiro atoms. The van der Waals surface area contributed by atoms with Gasteiger partial charge in [0.2, 0.25) is 0 Å². The Morgan fingerprint density at radius 3 is 2.38 bits per heavy atom. The molecule has 1 amide bonds. The zero-order valence-electron chi connectivity index (χ0n) is 14.7. The van der Waals surface area contributed by atoms with Gasteiger partial charge in [-0.1, -0.05) is 30.3 Å². The molecule has 0 unspecified atom stereocenters. The Morgan fingerprint density at radius 2 is 1.83 bits per heavy atom. The highest BCUT2D eigenvalue weighted by atomic mass is 16.3. The number of benzene rings is 1. The van der Waals surface area contributed by atoms with Crippen LogP contribution in [0.2, 0.25) is 0 Å². The first-order valence-electron chi connectivity index (χ1n) is 8.64. The molecule has 0 saturated carbocycles. The molecule has 5 heteroatoms. The predicted molar refractivity (Wildman–Crippen MR) is 92.8 cm³/mol. The lowest BCUT2D eigenvalue weighted by atomic mass is 9.97. The van der Waals surface area contributed by atoms with Crippen molar-refractivity contribution < 1.29 is 19.6 Å². The summed E-state index contributed by atoms with van der Waals surface area (Å²) < 4.78 is 0. The van der Waals surface area contributed by atoms with Crippen molar-refractivity contribution in [1.82, 2.24) is 4.90 Å². The molecule has 1 atom stereocenters. The van der Waals surface area contributed by atoms with Crippen LogP contribution in [-0.4, -0.2) is 47.9 Å². The number of carbonyl (C=O) groups is 2. The average molecular weight is 331 g/mol. The second-order valence-corrected chi connectivity index (χ2v) is 6.19. The van der Waals surface area contributed by atoms with Crippen molar-refractivity contribution in [3.63, 3.8) is 0 Å². The SMILES string of the molecule is CC[NH+](CC)CCCN1C(=O)C(O)=C(C(C)=O)[C@H]1c1ccccc1. The van der Waals surface area contributed by atoms with E-state index in [1.807, 2.05) is 30.3 Å². The molecule has 24 heavy (non-hydrogen) atoms. The predicted octanol–water partition coefficient (Wildman–Crippen LogP) is 1.29. The molecule has 1 heterocycles. The number of ketones is 1. The van der Waals surface area contributed by atoms with E-state index in [0.717, 1.165) is 31.6 Å². The third-order valence-electron chi connectivity index (χ3n) is 4.73. The van der Waals surface area contributed by atoms with Gasteiger partial charge in [0.05, 0.1) is 31.2 Å². The molecule has 0 fully saturated rings. The van der Waals surface area contributed by atoms with Crippen LogP contribution in [0, 0.1) is 0 Å². The fraction of sp³-hybridized carbons (Fsp3) is 0.474. The Hall–Kier alpha value is -2.14. The standard InChI is InChI=1S/C19H26N2O3/c1-4-20(5-2)12-9-13-21-17(15-10-7-6-8-11-15)16(14(3)22)18(23)19(21)24/h6-8,10-11,17,23H,4-5,9,12-13H2,1-3H3/p+1/t17-/m1/s1. The van der Waals surface area contributed by atoms with Crippen molar-refractivity contribution in [2.24, 2.45) is 0 Å². The Balaban J connectivity index is 2.23. The van der Waals surface area contributed by atoms with Crippen LogP contribution in [0.4, 0.5) is 0 Å². The number of nitrogens with zero attached hydrogens (tertiary/aromatic N) is 1. The Bertz CT molecular complexity index is 621. The summed E-state index contributed by atoms with van der Waals surface area (Å²) >= 11 is 0. The van der Waals surface area contributed by atoms with Gasteiger partial charge in [-0.05, 0) is 26.3 Å². The molecule has 2 rings (SSSR count). The normalized spacial score (nSPS) is 17.9. The summed E-state index contributed by atoms with van der Waals surface area (Å²) in [5.74, 6) is -1.10. The molecular weight excluding hydrogens is 304 g/mol. The summed E-state index contributed by atoms with van der Waals surface area (Å²) in [6.07, 6.45) is 0.838. The molecule has 0 aromatic heterocycles. The number of carbonyl (C=O) groups excluding carboxylic acids is 2. The van der Waals surface area contributed by atoms with Crippen LogP contribution in [0.15, 0.2) is 41.7 Å². The Morgan fingerprint density at radius 1 is 1.21 bits per heavy atom. The van der Waals surface area contributed by atoms with Gasteiger partial charge in [0.25, 0.3) is 5.91 Å². The van der Waals surface area contributed by atoms with E-state index in [4.69, 9.17) is 0 Å². The molecule has 0 aliphatic carbocycles. The van der Waals surface area contributed by atoms with Gasteiger partial charge in [-0.15, -0.1) is 0 Å². The van der Waals surface area contributed by atoms with Gasteiger partial charge in [-0.25, -0.2) is 0 Å². The van der Waals surface area contributed by atoms with E-state index in [2.05, 4.69) is 13.8 Å². The quantitative estimate of drug-likeness (QED) is 0.754. The first-order chi connectivity index (χ1) is 11.5. The van der Waals surface area contributed by atoms with Crippen molar-refractivity contribution in [3.05, 3.63) is 47.2 Å². The maximum absolute atomic E-state index is 12.5. The Kier molecular flexibility index (Phi) is 6.15. The third-order valence-corrected chi connectivity index (χ3v) is 4.73. The molecule has 130 valence electrons. The van der Waals surface area contributed by atoms with Crippen LogP contribution < -0.4 is 4.90 Å². The molecule has 0 saturated heterocycles. The number of aliphatic hydroxyl groups excluding tert-OH is 1. The zero-order valence-corrected chi connectivity index (χ0v) is 14.7. The number of quaternary nitrogens is 1. The number of rotatable bonds is 8. The molecule has 0 radical (unpaired) electrons. The maximum atomic E-state index is 12.5. The summed E-state index contributed by atoms with van der Waals surface area (Å²) in [4.78, 5) is 27.6. The largest absolute Gasteiger partial charge is 0.503 e. The number of Topliss-reactive ketones (excluding diaryl/α,β-unsaturated/α-hetero) is 1. The summed E-state index contributed by atoms with van der Waals surface area (Å²) in [5, 5.41) is 10.2. The first kappa shape index (κ1) is 18.2. The maximum Gasteiger partial charge on any atom is 0.290 e. The molecule has 2 N–H and O–H groups in total. The highest BCUT2D eigenvalue weighted by Crippen LogP contribution is 2.37. The van der Waals surface area contributed by atoms with Gasteiger partial charge < -0.3 is 14.9 Å². The van der Waals surface area contributed by atoms with Gasteiger partial charge in [0, 0.05) is 13.0 Å². The smallest absolute Gasteiger partial charge is 0.290 e. The second-order valence-electron chi connectivity index (χ2n) is 6.19. The average Bonchev–Trinajstić information content (AvgIpc) is 2.84. The van der Waals surface area contributed by atoms with Crippen molar-refractivity contribution in [2.75, 3.05) is 26.2 Å². The topological polar surface area (TPSA) is 62.1 Å². The molecule has 1 aromatic carbocycles. The van der Waals surface area contributed by atoms with E-state index < -0.39 is 17.7 Å². The van der Waals surface area contributed by atoms with Crippen molar-refractivity contribution in [3.8, 4) is 0 Å². The van der Waals surface area contributed by atoms with E-state index in [0.29, 0.717) is 6.54 Å². The number of hydrogen-bond donors (Lipinski definition) is 2. The number of aliphatic hydroxyl groups is 1. The molecule has 1 aromatic rings. The lowest BCUT2D eigenvalue weighted by Crippen LogP contribution is -3.11. The highest BCUT2D eigenvalue weighted by molar-refractivity contribution is 6.08.